The Labute approximate surface area is 123 Å². The molecule has 0 aromatic heterocycles. The van der Waals surface area contributed by atoms with Gasteiger partial charge in [-0.3, -0.25) is 0 Å². The predicted molar refractivity (Wildman–Crippen MR) is 82.1 cm³/mol. The van der Waals surface area contributed by atoms with Crippen molar-refractivity contribution in [2.45, 2.75) is 11.2 Å². The van der Waals surface area contributed by atoms with E-state index in [4.69, 9.17) is 0 Å². The Morgan fingerprint density at radius 3 is 1.95 bits per heavy atom. The average Bonchev–Trinajstić information content (AvgIpc) is 2.52. The molecule has 0 saturated heterocycles. The molecule has 2 aromatic rings. The Morgan fingerprint density at radius 1 is 0.900 bits per heavy atom. The van der Waals surface area contributed by atoms with E-state index in [0.717, 1.165) is 11.3 Å². The molecule has 2 aromatic carbocycles. The Kier molecular flexibility index (Phi) is 4.45. The summed E-state index contributed by atoms with van der Waals surface area (Å²) in [6, 6.07) is 21.3. The van der Waals surface area contributed by atoms with E-state index < -0.39 is 5.41 Å². The third-order valence-corrected chi connectivity index (χ3v) is 3.86. The molecule has 20 heavy (non-hydrogen) atoms. The second-order valence-corrected chi connectivity index (χ2v) is 5.34. The highest BCUT2D eigenvalue weighted by atomic mass is 32.2. The van der Waals surface area contributed by atoms with Gasteiger partial charge in [-0.2, -0.15) is 22.3 Å². The fourth-order valence-electron chi connectivity index (χ4n) is 2.16. The first-order chi connectivity index (χ1) is 9.76. The first-order valence-corrected chi connectivity index (χ1v) is 7.62. The summed E-state index contributed by atoms with van der Waals surface area (Å²) in [6.07, 6.45) is 2.05. The van der Waals surface area contributed by atoms with Crippen LogP contribution >= 0.6 is 11.8 Å². The zero-order chi connectivity index (χ0) is 14.4. The predicted octanol–water partition coefficient (Wildman–Crippen LogP) is 3.88. The summed E-state index contributed by atoms with van der Waals surface area (Å²) in [5, 5.41) is 19.2. The summed E-state index contributed by atoms with van der Waals surface area (Å²) in [6.45, 7) is 0. The van der Waals surface area contributed by atoms with Gasteiger partial charge in [0.2, 0.25) is 0 Å². The summed E-state index contributed by atoms with van der Waals surface area (Å²) in [4.78, 5) is 0. The molecule has 0 aliphatic carbocycles. The summed E-state index contributed by atoms with van der Waals surface area (Å²) >= 11 is 1.75. The molecule has 0 unspecified atom stereocenters. The van der Waals surface area contributed by atoms with Crippen LogP contribution in [0.4, 0.5) is 0 Å². The van der Waals surface area contributed by atoms with E-state index in [0.29, 0.717) is 5.56 Å². The van der Waals surface area contributed by atoms with E-state index in [1.165, 1.54) is 5.56 Å². The van der Waals surface area contributed by atoms with Gasteiger partial charge in [-0.05, 0) is 22.9 Å². The molecule has 0 atom stereocenters. The SMILES string of the molecule is CSCc1ccc(C(C#N)(C#N)c2ccccc2)cc1. The van der Waals surface area contributed by atoms with Crippen LogP contribution in [0.15, 0.2) is 54.6 Å². The summed E-state index contributed by atoms with van der Waals surface area (Å²) in [5.74, 6) is 0.928. The van der Waals surface area contributed by atoms with E-state index >= 15 is 0 Å². The van der Waals surface area contributed by atoms with Crippen LogP contribution in [0.3, 0.4) is 0 Å². The molecule has 0 aliphatic heterocycles. The molecule has 0 amide bonds. The highest BCUT2D eigenvalue weighted by Crippen LogP contribution is 2.31. The quantitative estimate of drug-likeness (QED) is 0.852. The maximum Gasteiger partial charge on any atom is 0.193 e. The van der Waals surface area contributed by atoms with Crippen molar-refractivity contribution in [3.8, 4) is 12.1 Å². The van der Waals surface area contributed by atoms with Gasteiger partial charge in [-0.25, -0.2) is 0 Å². The second kappa shape index (κ2) is 6.28. The maximum absolute atomic E-state index is 9.58. The number of nitriles is 2. The fraction of sp³-hybridized carbons (Fsp3) is 0.176. The third-order valence-electron chi connectivity index (χ3n) is 3.24. The Balaban J connectivity index is 2.50. The first kappa shape index (κ1) is 14.2. The summed E-state index contributed by atoms with van der Waals surface area (Å²) in [7, 11) is 0. The Morgan fingerprint density at radius 2 is 1.45 bits per heavy atom. The normalized spacial score (nSPS) is 10.6. The van der Waals surface area contributed by atoms with Gasteiger partial charge in [0, 0.05) is 5.75 Å². The van der Waals surface area contributed by atoms with Crippen LogP contribution in [-0.4, -0.2) is 6.26 Å². The molecule has 98 valence electrons. The fourth-order valence-corrected chi connectivity index (χ4v) is 2.68. The summed E-state index contributed by atoms with van der Waals surface area (Å²) < 4.78 is 0. The molecule has 0 N–H and O–H groups in total. The van der Waals surface area contributed by atoms with Crippen molar-refractivity contribution < 1.29 is 0 Å². The van der Waals surface area contributed by atoms with Gasteiger partial charge in [0.25, 0.3) is 0 Å². The number of thioether (sulfide) groups is 1. The highest BCUT2D eigenvalue weighted by Gasteiger charge is 2.34. The van der Waals surface area contributed by atoms with Gasteiger partial charge in [-0.1, -0.05) is 54.6 Å². The molecular weight excluding hydrogens is 264 g/mol. The molecule has 2 nitrogen and oxygen atoms in total. The molecular formula is C17H14N2S. The number of benzene rings is 2. The lowest BCUT2D eigenvalue weighted by Gasteiger charge is -2.19. The number of rotatable bonds is 4. The van der Waals surface area contributed by atoms with E-state index in [2.05, 4.69) is 12.1 Å². The average molecular weight is 278 g/mol. The lowest BCUT2D eigenvalue weighted by molar-refractivity contribution is 0.847. The van der Waals surface area contributed by atoms with Gasteiger partial charge in [-0.15, -0.1) is 0 Å². The van der Waals surface area contributed by atoms with Gasteiger partial charge in [0.15, 0.2) is 5.41 Å². The van der Waals surface area contributed by atoms with Crippen molar-refractivity contribution in [3.63, 3.8) is 0 Å². The maximum atomic E-state index is 9.58. The van der Waals surface area contributed by atoms with Crippen LogP contribution in [0.2, 0.25) is 0 Å². The number of nitrogens with zero attached hydrogens (tertiary/aromatic N) is 2. The van der Waals surface area contributed by atoms with Gasteiger partial charge in [0.05, 0.1) is 12.1 Å². The van der Waals surface area contributed by atoms with Crippen LogP contribution in [0, 0.1) is 22.7 Å². The van der Waals surface area contributed by atoms with E-state index in [9.17, 15) is 10.5 Å². The number of hydrogen-bond acceptors (Lipinski definition) is 3. The van der Waals surface area contributed by atoms with E-state index in [1.54, 1.807) is 11.8 Å². The molecule has 0 aliphatic rings. The monoisotopic (exact) mass is 278 g/mol. The largest absolute Gasteiger partial charge is 0.196 e. The van der Waals surface area contributed by atoms with E-state index in [1.807, 2.05) is 60.9 Å². The molecule has 0 saturated carbocycles. The van der Waals surface area contributed by atoms with Gasteiger partial charge < -0.3 is 0 Å². The van der Waals surface area contributed by atoms with Crippen molar-refractivity contribution in [2.75, 3.05) is 6.26 Å². The Bertz CT molecular complexity index is 634. The van der Waals surface area contributed by atoms with Crippen molar-refractivity contribution >= 4 is 11.8 Å². The molecule has 2 rings (SSSR count). The van der Waals surface area contributed by atoms with Crippen LogP contribution in [0.25, 0.3) is 0 Å². The first-order valence-electron chi connectivity index (χ1n) is 6.23. The lowest BCUT2D eigenvalue weighted by Crippen LogP contribution is -2.23. The minimum Gasteiger partial charge on any atom is -0.196 e. The van der Waals surface area contributed by atoms with Crippen molar-refractivity contribution in [1.82, 2.24) is 0 Å². The zero-order valence-electron chi connectivity index (χ0n) is 11.2. The van der Waals surface area contributed by atoms with Crippen LogP contribution in [-0.2, 0) is 11.2 Å². The molecule has 3 heteroatoms. The van der Waals surface area contributed by atoms with Crippen LogP contribution < -0.4 is 0 Å². The minimum absolute atomic E-state index is 0.711. The van der Waals surface area contributed by atoms with Crippen LogP contribution in [0.5, 0.6) is 0 Å². The van der Waals surface area contributed by atoms with Crippen molar-refractivity contribution in [3.05, 3.63) is 71.3 Å². The minimum atomic E-state index is -1.24. The van der Waals surface area contributed by atoms with Crippen molar-refractivity contribution in [1.29, 1.82) is 10.5 Å². The molecule has 0 radical (unpaired) electrons. The lowest BCUT2D eigenvalue weighted by atomic mass is 9.77. The van der Waals surface area contributed by atoms with Gasteiger partial charge >= 0.3 is 0 Å². The standard InChI is InChI=1S/C17H14N2S/c1-20-11-14-7-9-16(10-8-14)17(12-18,13-19)15-5-3-2-4-6-15/h2-10H,11H2,1H3. The topological polar surface area (TPSA) is 47.6 Å². The molecule has 0 fully saturated rings. The second-order valence-electron chi connectivity index (χ2n) is 4.47. The van der Waals surface area contributed by atoms with Crippen LogP contribution in [0.1, 0.15) is 16.7 Å². The van der Waals surface area contributed by atoms with Crippen molar-refractivity contribution in [2.24, 2.45) is 0 Å². The summed E-state index contributed by atoms with van der Waals surface area (Å²) in [5.41, 5.74) is 1.39. The molecule has 0 bridgehead atoms. The number of hydrogen-bond donors (Lipinski definition) is 0. The van der Waals surface area contributed by atoms with E-state index in [-0.39, 0.29) is 0 Å². The highest BCUT2D eigenvalue weighted by molar-refractivity contribution is 7.97. The Hall–Kier alpha value is -2.23. The molecule has 0 spiro atoms. The zero-order valence-corrected chi connectivity index (χ0v) is 12.0. The molecule has 0 heterocycles. The van der Waals surface area contributed by atoms with Gasteiger partial charge in [0.1, 0.15) is 0 Å². The smallest absolute Gasteiger partial charge is 0.193 e. The third kappa shape index (κ3) is 2.54.